The number of ether oxygens (including phenoxy) is 2. The molecular formula is C20H21NO4. The molecule has 1 heterocycles. The molecule has 1 aliphatic rings. The van der Waals surface area contributed by atoms with Crippen molar-refractivity contribution in [3.05, 3.63) is 59.7 Å². The minimum absolute atomic E-state index is 0.268. The number of β-lactam (4-membered cyclic amide) rings is 1. The molecule has 5 heteroatoms. The second kappa shape index (κ2) is 6.24. The Kier molecular flexibility index (Phi) is 4.25. The zero-order valence-electron chi connectivity index (χ0n) is 14.8. The van der Waals surface area contributed by atoms with Gasteiger partial charge in [-0.25, -0.2) is 0 Å². The van der Waals surface area contributed by atoms with Gasteiger partial charge in [0.2, 0.25) is 5.91 Å². The Balaban J connectivity index is 2.05. The van der Waals surface area contributed by atoms with E-state index in [-0.39, 0.29) is 5.91 Å². The average Bonchev–Trinajstić information content (AvgIpc) is 2.65. The molecule has 1 amide bonds. The number of anilines is 1. The van der Waals surface area contributed by atoms with Crippen LogP contribution in [0.3, 0.4) is 0 Å². The van der Waals surface area contributed by atoms with Crippen LogP contribution in [0.2, 0.25) is 0 Å². The highest BCUT2D eigenvalue weighted by molar-refractivity contribution is 6.17. The Bertz CT molecular complexity index is 797. The molecule has 1 fully saturated rings. The van der Waals surface area contributed by atoms with Crippen LogP contribution in [0.15, 0.2) is 48.5 Å². The van der Waals surface area contributed by atoms with Crippen LogP contribution < -0.4 is 9.64 Å². The first-order valence-corrected chi connectivity index (χ1v) is 8.06. The Morgan fingerprint density at radius 1 is 1.04 bits per heavy atom. The Morgan fingerprint density at radius 2 is 1.64 bits per heavy atom. The topological polar surface area (TPSA) is 55.8 Å². The minimum Gasteiger partial charge on any atom is -0.497 e. The van der Waals surface area contributed by atoms with Gasteiger partial charge in [-0.2, -0.15) is 0 Å². The quantitative estimate of drug-likeness (QED) is 0.487. The molecule has 1 aliphatic heterocycles. The van der Waals surface area contributed by atoms with Crippen molar-refractivity contribution in [2.24, 2.45) is 5.41 Å². The van der Waals surface area contributed by atoms with Crippen LogP contribution in [0.1, 0.15) is 24.1 Å². The number of esters is 1. The number of carbonyl (C=O) groups excluding carboxylic acids is 2. The summed E-state index contributed by atoms with van der Waals surface area (Å²) in [5, 5.41) is 0. The number of amides is 1. The highest BCUT2D eigenvalue weighted by atomic mass is 16.5. The number of aryl methyl sites for hydroxylation is 1. The molecule has 5 nitrogen and oxygen atoms in total. The van der Waals surface area contributed by atoms with Crippen LogP contribution in [0.5, 0.6) is 5.75 Å². The summed E-state index contributed by atoms with van der Waals surface area (Å²) in [6.07, 6.45) is 0. The van der Waals surface area contributed by atoms with Gasteiger partial charge in [-0.15, -0.1) is 0 Å². The van der Waals surface area contributed by atoms with Crippen molar-refractivity contribution in [1.82, 2.24) is 0 Å². The standard InChI is InChI=1S/C20H21NO4/c1-13-5-7-14(8-6-13)17-20(2,19(23)25-4)18(22)21(17)15-9-11-16(24-3)12-10-15/h5-12,17H,1-4H3/t17-,20+/m0/s1. The van der Waals surface area contributed by atoms with Crippen molar-refractivity contribution in [3.8, 4) is 5.75 Å². The molecule has 0 spiro atoms. The Hall–Kier alpha value is -2.82. The lowest BCUT2D eigenvalue weighted by Gasteiger charge is -2.52. The van der Waals surface area contributed by atoms with Crippen molar-refractivity contribution in [1.29, 1.82) is 0 Å². The van der Waals surface area contributed by atoms with Gasteiger partial charge in [0.05, 0.1) is 20.3 Å². The predicted molar refractivity (Wildman–Crippen MR) is 94.5 cm³/mol. The summed E-state index contributed by atoms with van der Waals surface area (Å²) >= 11 is 0. The van der Waals surface area contributed by atoms with Gasteiger partial charge < -0.3 is 14.4 Å². The molecule has 2 aromatic rings. The van der Waals surface area contributed by atoms with E-state index in [0.717, 1.165) is 16.8 Å². The Labute approximate surface area is 147 Å². The van der Waals surface area contributed by atoms with E-state index in [1.165, 1.54) is 7.11 Å². The van der Waals surface area contributed by atoms with Crippen molar-refractivity contribution in [2.75, 3.05) is 19.1 Å². The average molecular weight is 339 g/mol. The van der Waals surface area contributed by atoms with E-state index < -0.39 is 17.4 Å². The lowest BCUT2D eigenvalue weighted by molar-refractivity contribution is -0.165. The number of methoxy groups -OCH3 is 2. The maximum absolute atomic E-state index is 12.9. The third-order valence-electron chi connectivity index (χ3n) is 4.82. The fraction of sp³-hybridized carbons (Fsp3) is 0.300. The second-order valence-electron chi connectivity index (χ2n) is 6.38. The number of hydrogen-bond donors (Lipinski definition) is 0. The molecule has 130 valence electrons. The van der Waals surface area contributed by atoms with Gasteiger partial charge in [-0.1, -0.05) is 29.8 Å². The summed E-state index contributed by atoms with van der Waals surface area (Å²) in [5.41, 5.74) is 1.50. The molecule has 0 unspecified atom stereocenters. The smallest absolute Gasteiger partial charge is 0.323 e. The van der Waals surface area contributed by atoms with Crippen LogP contribution in [0.4, 0.5) is 5.69 Å². The molecular weight excluding hydrogens is 318 g/mol. The molecule has 25 heavy (non-hydrogen) atoms. The van der Waals surface area contributed by atoms with Crippen LogP contribution in [0, 0.1) is 12.3 Å². The normalized spacial score (nSPS) is 22.3. The van der Waals surface area contributed by atoms with Gasteiger partial charge in [0.1, 0.15) is 5.75 Å². The van der Waals surface area contributed by atoms with Gasteiger partial charge >= 0.3 is 5.97 Å². The molecule has 0 radical (unpaired) electrons. The van der Waals surface area contributed by atoms with E-state index in [0.29, 0.717) is 5.75 Å². The summed E-state index contributed by atoms with van der Waals surface area (Å²) < 4.78 is 10.1. The van der Waals surface area contributed by atoms with Crippen molar-refractivity contribution < 1.29 is 19.1 Å². The lowest BCUT2D eigenvalue weighted by atomic mass is 9.68. The first-order chi connectivity index (χ1) is 11.9. The molecule has 2 atom stereocenters. The monoisotopic (exact) mass is 339 g/mol. The molecule has 3 rings (SSSR count). The summed E-state index contributed by atoms with van der Waals surface area (Å²) in [5.74, 6) is -0.0812. The van der Waals surface area contributed by atoms with Crippen molar-refractivity contribution >= 4 is 17.6 Å². The largest absolute Gasteiger partial charge is 0.497 e. The third-order valence-corrected chi connectivity index (χ3v) is 4.82. The number of hydrogen-bond acceptors (Lipinski definition) is 4. The van der Waals surface area contributed by atoms with Crippen molar-refractivity contribution in [3.63, 3.8) is 0 Å². The molecule has 0 saturated carbocycles. The first kappa shape index (κ1) is 17.0. The van der Waals surface area contributed by atoms with Gasteiger partial charge in [-0.05, 0) is 43.7 Å². The van der Waals surface area contributed by atoms with Crippen LogP contribution in [-0.2, 0) is 14.3 Å². The highest BCUT2D eigenvalue weighted by Gasteiger charge is 2.64. The van der Waals surface area contributed by atoms with Gasteiger partial charge in [0.25, 0.3) is 0 Å². The Morgan fingerprint density at radius 3 is 2.16 bits per heavy atom. The van der Waals surface area contributed by atoms with Crippen LogP contribution >= 0.6 is 0 Å². The van der Waals surface area contributed by atoms with Crippen LogP contribution in [0.25, 0.3) is 0 Å². The van der Waals surface area contributed by atoms with E-state index in [9.17, 15) is 9.59 Å². The molecule has 0 bridgehead atoms. The maximum Gasteiger partial charge on any atom is 0.323 e. The predicted octanol–water partition coefficient (Wildman–Crippen LogP) is 3.27. The first-order valence-electron chi connectivity index (χ1n) is 8.06. The molecule has 0 aromatic heterocycles. The SMILES string of the molecule is COC(=O)[C@@]1(C)C(=O)N(c2ccc(OC)cc2)[C@H]1c1ccc(C)cc1. The van der Waals surface area contributed by atoms with E-state index in [4.69, 9.17) is 9.47 Å². The molecule has 1 saturated heterocycles. The van der Waals surface area contributed by atoms with E-state index in [2.05, 4.69) is 0 Å². The molecule has 2 aromatic carbocycles. The van der Waals surface area contributed by atoms with Crippen molar-refractivity contribution in [2.45, 2.75) is 19.9 Å². The van der Waals surface area contributed by atoms with Gasteiger partial charge in [-0.3, -0.25) is 9.59 Å². The second-order valence-corrected chi connectivity index (χ2v) is 6.38. The fourth-order valence-corrected chi connectivity index (χ4v) is 3.33. The zero-order chi connectivity index (χ0) is 18.2. The summed E-state index contributed by atoms with van der Waals surface area (Å²) in [6.45, 7) is 3.64. The fourth-order valence-electron chi connectivity index (χ4n) is 3.33. The molecule has 0 N–H and O–H groups in total. The minimum atomic E-state index is -1.23. The zero-order valence-corrected chi connectivity index (χ0v) is 14.8. The molecule has 0 aliphatic carbocycles. The maximum atomic E-state index is 12.9. The highest BCUT2D eigenvalue weighted by Crippen LogP contribution is 2.52. The summed E-state index contributed by atoms with van der Waals surface area (Å²) in [7, 11) is 2.90. The van der Waals surface area contributed by atoms with E-state index in [1.54, 1.807) is 31.1 Å². The number of nitrogens with zero attached hydrogens (tertiary/aromatic N) is 1. The third kappa shape index (κ3) is 2.56. The van der Waals surface area contributed by atoms with Crippen LogP contribution in [-0.4, -0.2) is 26.1 Å². The lowest BCUT2D eigenvalue weighted by Crippen LogP contribution is -2.66. The number of rotatable bonds is 4. The number of carbonyl (C=O) groups is 2. The number of benzene rings is 2. The van der Waals surface area contributed by atoms with E-state index >= 15 is 0 Å². The summed E-state index contributed by atoms with van der Waals surface area (Å²) in [6, 6.07) is 14.6. The van der Waals surface area contributed by atoms with E-state index in [1.807, 2.05) is 43.3 Å². The summed E-state index contributed by atoms with van der Waals surface area (Å²) in [4.78, 5) is 26.9. The van der Waals surface area contributed by atoms with Gasteiger partial charge in [0, 0.05) is 5.69 Å². The van der Waals surface area contributed by atoms with Gasteiger partial charge in [0.15, 0.2) is 5.41 Å².